The van der Waals surface area contributed by atoms with Crippen LogP contribution in [0.4, 0.5) is 0 Å². The molecule has 4 rings (SSSR count). The second kappa shape index (κ2) is 9.27. The minimum Gasteiger partial charge on any atom is -0.456 e. The topological polar surface area (TPSA) is 107 Å². The van der Waals surface area contributed by atoms with Gasteiger partial charge in [-0.2, -0.15) is 0 Å². The molecule has 164 valence electrons. The maximum absolute atomic E-state index is 12.3. The third-order valence-electron chi connectivity index (χ3n) is 4.93. The second-order valence-corrected chi connectivity index (χ2v) is 7.11. The van der Waals surface area contributed by atoms with E-state index in [1.807, 2.05) is 0 Å². The van der Waals surface area contributed by atoms with E-state index in [-0.39, 0.29) is 22.4 Å². The number of amides is 2. The second-order valence-electron chi connectivity index (χ2n) is 7.11. The van der Waals surface area contributed by atoms with Crippen molar-refractivity contribution in [2.45, 2.75) is 0 Å². The lowest BCUT2D eigenvalue weighted by Crippen LogP contribution is -2.36. The van der Waals surface area contributed by atoms with Gasteiger partial charge in [-0.25, -0.2) is 4.79 Å². The summed E-state index contributed by atoms with van der Waals surface area (Å²) in [6.45, 7) is -1.15. The first-order chi connectivity index (χ1) is 15.9. The Morgan fingerprint density at radius 3 is 1.88 bits per heavy atom. The van der Waals surface area contributed by atoms with Crippen molar-refractivity contribution in [3.05, 3.63) is 101 Å². The third kappa shape index (κ3) is 4.69. The maximum atomic E-state index is 12.3. The lowest BCUT2D eigenvalue weighted by atomic mass is 10.1. The van der Waals surface area contributed by atoms with E-state index in [0.29, 0.717) is 5.56 Å². The van der Waals surface area contributed by atoms with E-state index in [0.717, 1.165) is 4.90 Å². The smallest absolute Gasteiger partial charge is 0.343 e. The van der Waals surface area contributed by atoms with Gasteiger partial charge in [0.2, 0.25) is 0 Å². The minimum absolute atomic E-state index is 0.222. The van der Waals surface area contributed by atoms with Gasteiger partial charge in [0.25, 0.3) is 11.8 Å². The number of carbonyl (C=O) groups excluding carboxylic acids is 5. The highest BCUT2D eigenvalue weighted by atomic mass is 16.5. The van der Waals surface area contributed by atoms with Crippen molar-refractivity contribution in [1.82, 2.24) is 4.90 Å². The number of hydrogen-bond acceptors (Lipinski definition) is 7. The van der Waals surface area contributed by atoms with E-state index in [1.54, 1.807) is 42.5 Å². The van der Waals surface area contributed by atoms with Crippen LogP contribution < -0.4 is 4.74 Å². The molecule has 3 aromatic carbocycles. The van der Waals surface area contributed by atoms with Gasteiger partial charge in [-0.05, 0) is 48.5 Å². The zero-order chi connectivity index (χ0) is 23.4. The summed E-state index contributed by atoms with van der Waals surface area (Å²) >= 11 is 0. The lowest BCUT2D eigenvalue weighted by Gasteiger charge is -2.12. The normalized spacial score (nSPS) is 12.3. The number of ether oxygens (including phenoxy) is 2. The molecule has 0 unspecified atom stereocenters. The van der Waals surface area contributed by atoms with Crippen molar-refractivity contribution < 1.29 is 33.4 Å². The van der Waals surface area contributed by atoms with E-state index < -0.39 is 42.7 Å². The number of carbonyl (C=O) groups is 5. The number of rotatable bonds is 7. The van der Waals surface area contributed by atoms with E-state index in [2.05, 4.69) is 0 Å². The highest BCUT2D eigenvalue weighted by Gasteiger charge is 2.36. The maximum Gasteiger partial charge on any atom is 0.343 e. The molecular formula is C25H17NO7. The minimum atomic E-state index is -0.883. The highest BCUT2D eigenvalue weighted by molar-refractivity contribution is 6.22. The average molecular weight is 443 g/mol. The number of imide groups is 1. The molecule has 0 saturated heterocycles. The Balaban J connectivity index is 1.29. The Hall–Kier alpha value is -4.59. The van der Waals surface area contributed by atoms with Crippen LogP contribution in [0.3, 0.4) is 0 Å². The number of nitrogens with zero attached hydrogens (tertiary/aromatic N) is 1. The van der Waals surface area contributed by atoms with E-state index in [1.165, 1.54) is 36.4 Å². The quantitative estimate of drug-likeness (QED) is 0.239. The van der Waals surface area contributed by atoms with Crippen molar-refractivity contribution in [3.8, 4) is 5.75 Å². The molecule has 0 spiro atoms. The zero-order valence-corrected chi connectivity index (χ0v) is 17.2. The Morgan fingerprint density at radius 2 is 1.27 bits per heavy atom. The van der Waals surface area contributed by atoms with Crippen LogP contribution in [0.2, 0.25) is 0 Å². The summed E-state index contributed by atoms with van der Waals surface area (Å²) in [6, 6.07) is 20.5. The average Bonchev–Trinajstić information content (AvgIpc) is 3.08. The monoisotopic (exact) mass is 443 g/mol. The van der Waals surface area contributed by atoms with Crippen molar-refractivity contribution in [2.24, 2.45) is 0 Å². The fraction of sp³-hybridized carbons (Fsp3) is 0.0800. The number of ketones is 1. The Bertz CT molecular complexity index is 1210. The van der Waals surface area contributed by atoms with Crippen molar-refractivity contribution >= 4 is 29.5 Å². The molecule has 1 aliphatic heterocycles. The zero-order valence-electron chi connectivity index (χ0n) is 17.2. The van der Waals surface area contributed by atoms with Gasteiger partial charge in [0.1, 0.15) is 12.3 Å². The molecule has 0 atom stereocenters. The molecule has 0 radical (unpaired) electrons. The van der Waals surface area contributed by atoms with Crippen LogP contribution in [0.1, 0.15) is 41.4 Å². The number of hydrogen-bond donors (Lipinski definition) is 0. The molecule has 2 amide bonds. The molecular weight excluding hydrogens is 426 g/mol. The van der Waals surface area contributed by atoms with Crippen LogP contribution in [0.25, 0.3) is 0 Å². The summed E-state index contributed by atoms with van der Waals surface area (Å²) in [5.74, 6) is -2.82. The molecule has 1 heterocycles. The molecule has 0 aromatic heterocycles. The van der Waals surface area contributed by atoms with Crippen LogP contribution in [-0.4, -0.2) is 47.6 Å². The molecule has 0 aliphatic carbocycles. The van der Waals surface area contributed by atoms with Crippen LogP contribution in [0.5, 0.6) is 5.75 Å². The molecule has 0 N–H and O–H groups in total. The van der Waals surface area contributed by atoms with Gasteiger partial charge in [-0.15, -0.1) is 0 Å². The summed E-state index contributed by atoms with van der Waals surface area (Å²) in [4.78, 5) is 61.9. The van der Waals surface area contributed by atoms with E-state index in [4.69, 9.17) is 9.47 Å². The fourth-order valence-electron chi connectivity index (χ4n) is 3.24. The van der Waals surface area contributed by atoms with Gasteiger partial charge in [0, 0.05) is 5.56 Å². The van der Waals surface area contributed by atoms with Crippen LogP contribution >= 0.6 is 0 Å². The van der Waals surface area contributed by atoms with Crippen LogP contribution in [-0.2, 0) is 9.53 Å². The van der Waals surface area contributed by atoms with Crippen molar-refractivity contribution in [1.29, 1.82) is 0 Å². The predicted molar refractivity (Wildman–Crippen MR) is 115 cm³/mol. The Labute approximate surface area is 188 Å². The number of fused-ring (bicyclic) bond motifs is 1. The number of Topliss-reactive ketones (excluding diaryl/α,β-unsaturated/α-hetero) is 1. The number of benzene rings is 3. The summed E-state index contributed by atoms with van der Waals surface area (Å²) < 4.78 is 10.2. The molecule has 33 heavy (non-hydrogen) atoms. The van der Waals surface area contributed by atoms with Gasteiger partial charge >= 0.3 is 11.9 Å². The molecule has 8 nitrogen and oxygen atoms in total. The Kier molecular flexibility index (Phi) is 6.08. The molecule has 0 saturated carbocycles. The van der Waals surface area contributed by atoms with Gasteiger partial charge in [0.05, 0.1) is 16.7 Å². The highest BCUT2D eigenvalue weighted by Crippen LogP contribution is 2.22. The van der Waals surface area contributed by atoms with Gasteiger partial charge in [0.15, 0.2) is 12.4 Å². The Morgan fingerprint density at radius 1 is 0.697 bits per heavy atom. The van der Waals surface area contributed by atoms with Crippen LogP contribution in [0.15, 0.2) is 78.9 Å². The predicted octanol–water partition coefficient (Wildman–Crippen LogP) is 2.93. The molecule has 0 fully saturated rings. The third-order valence-corrected chi connectivity index (χ3v) is 4.93. The van der Waals surface area contributed by atoms with Gasteiger partial charge in [-0.1, -0.05) is 30.3 Å². The summed E-state index contributed by atoms with van der Waals surface area (Å²) in [7, 11) is 0. The molecule has 1 aliphatic rings. The number of esters is 2. The molecule has 3 aromatic rings. The largest absolute Gasteiger partial charge is 0.456 e. The summed E-state index contributed by atoms with van der Waals surface area (Å²) in [6.07, 6.45) is 0. The summed E-state index contributed by atoms with van der Waals surface area (Å²) in [5, 5.41) is 0. The first-order valence-corrected chi connectivity index (χ1v) is 9.95. The molecule has 0 bridgehead atoms. The first-order valence-electron chi connectivity index (χ1n) is 9.95. The standard InChI is InChI=1S/C25H17NO7/c27-21(16-10-12-18(13-11-16)33-25(31)17-6-2-1-3-7-17)15-32-22(28)14-26-23(29)19-8-4-5-9-20(19)24(26)30/h1-13H,14-15H2. The fourth-order valence-corrected chi connectivity index (χ4v) is 3.24. The van der Waals surface area contributed by atoms with Crippen LogP contribution in [0, 0.1) is 0 Å². The lowest BCUT2D eigenvalue weighted by molar-refractivity contribution is -0.142. The van der Waals surface area contributed by atoms with Gasteiger partial charge in [-0.3, -0.25) is 24.1 Å². The van der Waals surface area contributed by atoms with E-state index in [9.17, 15) is 24.0 Å². The van der Waals surface area contributed by atoms with Crippen molar-refractivity contribution in [3.63, 3.8) is 0 Å². The van der Waals surface area contributed by atoms with Crippen molar-refractivity contribution in [2.75, 3.05) is 13.2 Å². The first kappa shape index (κ1) is 21.6. The van der Waals surface area contributed by atoms with Gasteiger partial charge < -0.3 is 9.47 Å². The summed E-state index contributed by atoms with van der Waals surface area (Å²) in [5.41, 5.74) is 1.07. The molecule has 8 heteroatoms. The SMILES string of the molecule is O=C(CN1C(=O)c2ccccc2C1=O)OCC(=O)c1ccc(OC(=O)c2ccccc2)cc1. The van der Waals surface area contributed by atoms with E-state index >= 15 is 0 Å².